The molecule has 0 fully saturated rings. The summed E-state index contributed by atoms with van der Waals surface area (Å²) in [6.45, 7) is 1.48. The molecule has 0 spiro atoms. The number of hydrogen-bond acceptors (Lipinski definition) is 10. The van der Waals surface area contributed by atoms with Crippen LogP contribution in [0.3, 0.4) is 0 Å². The second-order valence-corrected chi connectivity index (χ2v) is 7.96. The lowest BCUT2D eigenvalue weighted by molar-refractivity contribution is -0.129. The number of rotatable bonds is 10. The molecule has 12 heteroatoms. The highest BCUT2D eigenvalue weighted by Gasteiger charge is 2.19. The number of methoxy groups -OCH3 is 1. The van der Waals surface area contributed by atoms with E-state index in [0.29, 0.717) is 47.5 Å². The highest BCUT2D eigenvalue weighted by molar-refractivity contribution is 7.99. The van der Waals surface area contributed by atoms with E-state index in [9.17, 15) is 4.79 Å². The van der Waals surface area contributed by atoms with E-state index in [4.69, 9.17) is 25.1 Å². The number of nitrogens with two attached hydrogens (primary N) is 1. The maximum atomic E-state index is 11.2. The van der Waals surface area contributed by atoms with Gasteiger partial charge in [-0.05, 0) is 30.3 Å². The molecule has 0 radical (unpaired) electrons. The molecule has 11 nitrogen and oxygen atoms in total. The number of furan rings is 1. The third-order valence-electron chi connectivity index (χ3n) is 4.87. The summed E-state index contributed by atoms with van der Waals surface area (Å²) in [5.41, 5.74) is 9.70. The number of amides is 1. The summed E-state index contributed by atoms with van der Waals surface area (Å²) in [6.07, 6.45) is 3.19. The molecule has 0 saturated carbocycles. The number of anilines is 1. The van der Waals surface area contributed by atoms with Gasteiger partial charge in [-0.25, -0.2) is 20.4 Å². The summed E-state index contributed by atoms with van der Waals surface area (Å²) >= 11 is 1.44. The van der Waals surface area contributed by atoms with E-state index in [1.54, 1.807) is 18.9 Å². The van der Waals surface area contributed by atoms with Crippen molar-refractivity contribution in [2.24, 2.45) is 0 Å². The Bertz CT molecular complexity index is 1240. The Labute approximate surface area is 193 Å². The summed E-state index contributed by atoms with van der Waals surface area (Å²) in [6, 6.07) is 9.47. The summed E-state index contributed by atoms with van der Waals surface area (Å²) in [5.74, 6) is 1.28. The summed E-state index contributed by atoms with van der Waals surface area (Å²) < 4.78 is 13.0. The Kier molecular flexibility index (Phi) is 7.07. The van der Waals surface area contributed by atoms with Crippen molar-refractivity contribution in [2.45, 2.75) is 23.0 Å². The Morgan fingerprint density at radius 2 is 2.18 bits per heavy atom. The number of fused-ring (bicyclic) bond motifs is 1. The fourth-order valence-electron chi connectivity index (χ4n) is 3.23. The van der Waals surface area contributed by atoms with E-state index in [0.717, 1.165) is 16.2 Å². The number of nitrogens with one attached hydrogen (secondary N) is 2. The van der Waals surface area contributed by atoms with Crippen molar-refractivity contribution >= 4 is 34.7 Å². The van der Waals surface area contributed by atoms with Crippen LogP contribution in [0, 0.1) is 0 Å². The number of hydroxylamine groups is 1. The number of ether oxygens (including phenoxy) is 1. The van der Waals surface area contributed by atoms with Crippen LogP contribution in [-0.2, 0) is 11.3 Å². The van der Waals surface area contributed by atoms with Crippen molar-refractivity contribution in [3.63, 3.8) is 0 Å². The van der Waals surface area contributed by atoms with Gasteiger partial charge in [0.15, 0.2) is 22.1 Å². The minimum atomic E-state index is -0.448. The number of carbonyl (C=O) groups excluding carboxylic acids is 1. The Hall–Kier alpha value is -3.61. The van der Waals surface area contributed by atoms with E-state index in [-0.39, 0.29) is 6.42 Å². The second kappa shape index (κ2) is 10.3. The van der Waals surface area contributed by atoms with Gasteiger partial charge in [0.1, 0.15) is 17.8 Å². The molecule has 33 heavy (non-hydrogen) atoms. The average molecular weight is 470 g/mol. The summed E-state index contributed by atoms with van der Waals surface area (Å²) in [4.78, 5) is 25.2. The molecule has 1 amide bonds. The summed E-state index contributed by atoms with van der Waals surface area (Å²) in [7, 11) is 1.62. The van der Waals surface area contributed by atoms with Crippen LogP contribution in [0.15, 0.2) is 57.4 Å². The van der Waals surface area contributed by atoms with Gasteiger partial charge < -0.3 is 24.8 Å². The molecule has 1 aromatic carbocycles. The van der Waals surface area contributed by atoms with Crippen molar-refractivity contribution < 1.29 is 19.2 Å². The molecule has 3 heterocycles. The topological polar surface area (TPSA) is 153 Å². The molecule has 172 valence electrons. The predicted molar refractivity (Wildman–Crippen MR) is 122 cm³/mol. The van der Waals surface area contributed by atoms with Gasteiger partial charge in [-0.1, -0.05) is 11.8 Å². The van der Waals surface area contributed by atoms with Crippen molar-refractivity contribution in [1.82, 2.24) is 30.3 Å². The van der Waals surface area contributed by atoms with Crippen LogP contribution in [0.25, 0.3) is 22.5 Å². The zero-order valence-corrected chi connectivity index (χ0v) is 18.6. The zero-order valence-electron chi connectivity index (χ0n) is 17.8. The van der Waals surface area contributed by atoms with Crippen LogP contribution >= 0.6 is 11.8 Å². The first-order valence-corrected chi connectivity index (χ1v) is 10.9. The van der Waals surface area contributed by atoms with Gasteiger partial charge >= 0.3 is 0 Å². The van der Waals surface area contributed by atoms with Crippen LogP contribution < -0.4 is 21.3 Å². The Balaban J connectivity index is 1.64. The van der Waals surface area contributed by atoms with Crippen molar-refractivity contribution in [3.8, 4) is 17.1 Å². The molecule has 0 aliphatic heterocycles. The number of hydrogen-bond donors (Lipinski definition) is 4. The van der Waals surface area contributed by atoms with Crippen LogP contribution in [0.2, 0.25) is 0 Å². The van der Waals surface area contributed by atoms with E-state index < -0.39 is 5.91 Å². The molecule has 0 aliphatic carbocycles. The first kappa shape index (κ1) is 22.6. The van der Waals surface area contributed by atoms with Crippen molar-refractivity contribution in [1.29, 1.82) is 0 Å². The monoisotopic (exact) mass is 469 g/mol. The van der Waals surface area contributed by atoms with Gasteiger partial charge in [-0.15, -0.1) is 0 Å². The van der Waals surface area contributed by atoms with Gasteiger partial charge in [-0.3, -0.25) is 10.0 Å². The Morgan fingerprint density at radius 1 is 1.30 bits per heavy atom. The molecule has 0 bridgehead atoms. The highest BCUT2D eigenvalue weighted by atomic mass is 32.2. The average Bonchev–Trinajstić information content (AvgIpc) is 3.48. The number of benzene rings is 1. The largest absolute Gasteiger partial charge is 0.497 e. The molecule has 0 unspecified atom stereocenters. The predicted octanol–water partition coefficient (Wildman–Crippen LogP) is 2.31. The fraction of sp³-hybridized carbons (Fsp3) is 0.238. The smallest absolute Gasteiger partial charge is 0.244 e. The summed E-state index contributed by atoms with van der Waals surface area (Å²) in [5, 5.41) is 12.5. The third kappa shape index (κ3) is 5.08. The lowest BCUT2D eigenvalue weighted by Crippen LogP contribution is -2.27. The maximum absolute atomic E-state index is 11.2. The normalized spacial score (nSPS) is 11.1. The molecule has 4 aromatic rings. The molecule has 0 saturated heterocycles. The number of aromatic nitrogens is 4. The van der Waals surface area contributed by atoms with E-state index in [2.05, 4.69) is 15.3 Å². The quantitative estimate of drug-likeness (QED) is 0.155. The van der Waals surface area contributed by atoms with Crippen LogP contribution in [0.5, 0.6) is 5.75 Å². The minimum absolute atomic E-state index is 0.161. The number of nitrogens with zero attached hydrogens (tertiary/aromatic N) is 4. The van der Waals surface area contributed by atoms with E-state index in [1.165, 1.54) is 18.1 Å². The van der Waals surface area contributed by atoms with E-state index in [1.807, 2.05) is 34.9 Å². The number of nitrogen functional groups attached to an aromatic ring is 1. The number of imidazole rings is 1. The molecular weight excluding hydrogens is 446 g/mol. The SMILES string of the molecule is COc1ccc(-c2ccco2)c(Sc2nc3c(N)ncnc3n2CCNCCC(=O)NO)c1. The van der Waals surface area contributed by atoms with Crippen molar-refractivity contribution in [3.05, 3.63) is 42.9 Å². The second-order valence-electron chi connectivity index (χ2n) is 6.95. The van der Waals surface area contributed by atoms with E-state index >= 15 is 0 Å². The molecule has 3 aromatic heterocycles. The lowest BCUT2D eigenvalue weighted by Gasteiger charge is -2.12. The van der Waals surface area contributed by atoms with Crippen molar-refractivity contribution in [2.75, 3.05) is 25.9 Å². The van der Waals surface area contributed by atoms with Gasteiger partial charge in [0.2, 0.25) is 5.91 Å². The molecule has 0 atom stereocenters. The molecule has 5 N–H and O–H groups in total. The highest BCUT2D eigenvalue weighted by Crippen LogP contribution is 2.39. The zero-order chi connectivity index (χ0) is 23.2. The van der Waals surface area contributed by atoms with Crippen LogP contribution in [-0.4, -0.2) is 50.8 Å². The molecule has 4 rings (SSSR count). The van der Waals surface area contributed by atoms with Gasteiger partial charge in [0, 0.05) is 36.5 Å². The maximum Gasteiger partial charge on any atom is 0.244 e. The minimum Gasteiger partial charge on any atom is -0.497 e. The van der Waals surface area contributed by atoms with Crippen LogP contribution in [0.1, 0.15) is 6.42 Å². The molecular formula is C21H23N7O4S. The third-order valence-corrected chi connectivity index (χ3v) is 5.92. The van der Waals surface area contributed by atoms with Gasteiger partial charge in [0.05, 0.1) is 13.4 Å². The first-order chi connectivity index (χ1) is 16.1. The van der Waals surface area contributed by atoms with Gasteiger partial charge in [0.25, 0.3) is 0 Å². The van der Waals surface area contributed by atoms with Crippen LogP contribution in [0.4, 0.5) is 5.82 Å². The standard InChI is InChI=1S/C21H23N7O4S/c1-31-13-4-5-14(15-3-2-10-32-15)16(11-13)33-21-26-18-19(22)24-12-25-20(18)28(21)9-8-23-7-6-17(29)27-30/h2-5,10-12,23,30H,6-9H2,1H3,(H,27,29)(H2,22,24,25). The van der Waals surface area contributed by atoms with Gasteiger partial charge in [-0.2, -0.15) is 0 Å². The lowest BCUT2D eigenvalue weighted by atomic mass is 10.1. The number of carbonyl (C=O) groups is 1. The fourth-order valence-corrected chi connectivity index (χ4v) is 4.31. The molecule has 0 aliphatic rings. The first-order valence-electron chi connectivity index (χ1n) is 10.1. The Morgan fingerprint density at radius 3 is 2.94 bits per heavy atom.